The van der Waals surface area contributed by atoms with Crippen LogP contribution in [-0.4, -0.2) is 21.1 Å². The van der Waals surface area contributed by atoms with E-state index < -0.39 is 0 Å². The first-order chi connectivity index (χ1) is 15.1. The summed E-state index contributed by atoms with van der Waals surface area (Å²) < 4.78 is 9.44. The first-order valence-electron chi connectivity index (χ1n) is 10.6. The molecule has 0 saturated heterocycles. The van der Waals surface area contributed by atoms with Crippen LogP contribution in [0.2, 0.25) is 0 Å². The number of nitrogens with zero attached hydrogens (tertiary/aromatic N) is 3. The summed E-state index contributed by atoms with van der Waals surface area (Å²) >= 11 is 3.62. The van der Waals surface area contributed by atoms with Gasteiger partial charge in [-0.1, -0.05) is 60.1 Å². The van der Waals surface area contributed by atoms with Gasteiger partial charge in [-0.2, -0.15) is 0 Å². The van der Waals surface area contributed by atoms with Crippen molar-refractivity contribution in [3.63, 3.8) is 0 Å². The van der Waals surface area contributed by atoms with Crippen LogP contribution in [0.25, 0.3) is 33.1 Å². The molecule has 0 radical (unpaired) electrons. The van der Waals surface area contributed by atoms with Gasteiger partial charge in [-0.15, -0.1) is 0 Å². The van der Waals surface area contributed by atoms with Crippen LogP contribution in [0.1, 0.15) is 25.8 Å². The Bertz CT molecular complexity index is 1390. The van der Waals surface area contributed by atoms with Gasteiger partial charge in [-0.25, -0.2) is 9.97 Å². The molecule has 3 aromatic carbocycles. The molecule has 5 rings (SSSR count). The van der Waals surface area contributed by atoms with Crippen molar-refractivity contribution in [2.45, 2.75) is 26.8 Å². The van der Waals surface area contributed by atoms with E-state index in [1.807, 2.05) is 30.3 Å². The van der Waals surface area contributed by atoms with Gasteiger partial charge in [0.2, 0.25) is 0 Å². The standard InChI is InChI=1S/C26H24BrN3O/c1-17(2)13-14-31-24-10-6-3-7-18(24)16-30-23-12-11-19(27)15-20(23)25-26(30)29-22-9-5-4-8-21(22)28-25/h3-12,15,17H,13-14,16H2,1-2H3. The molecule has 5 aromatic rings. The highest BCUT2D eigenvalue weighted by molar-refractivity contribution is 9.10. The molecule has 0 saturated carbocycles. The fraction of sp³-hybridized carbons (Fsp3) is 0.231. The average molecular weight is 474 g/mol. The number of rotatable bonds is 6. The Labute approximate surface area is 190 Å². The highest BCUT2D eigenvalue weighted by atomic mass is 79.9. The number of hydrogen-bond donors (Lipinski definition) is 0. The average Bonchev–Trinajstić information content (AvgIpc) is 3.05. The molecule has 0 amide bonds. The van der Waals surface area contributed by atoms with Crippen LogP contribution < -0.4 is 4.74 Å². The quantitative estimate of drug-likeness (QED) is 0.267. The highest BCUT2D eigenvalue weighted by Gasteiger charge is 2.16. The molecular formula is C26H24BrN3O. The molecule has 31 heavy (non-hydrogen) atoms. The van der Waals surface area contributed by atoms with Crippen molar-refractivity contribution in [1.82, 2.24) is 14.5 Å². The molecule has 0 aliphatic rings. The fourth-order valence-electron chi connectivity index (χ4n) is 3.92. The predicted octanol–water partition coefficient (Wildman–Crippen LogP) is 6.97. The van der Waals surface area contributed by atoms with Gasteiger partial charge in [0.15, 0.2) is 5.65 Å². The van der Waals surface area contributed by atoms with E-state index in [9.17, 15) is 0 Å². The fourth-order valence-corrected chi connectivity index (χ4v) is 4.28. The van der Waals surface area contributed by atoms with Gasteiger partial charge in [-0.05, 0) is 48.7 Å². The number of aromatic nitrogens is 3. The lowest BCUT2D eigenvalue weighted by molar-refractivity contribution is 0.286. The maximum Gasteiger partial charge on any atom is 0.160 e. The van der Waals surface area contributed by atoms with Crippen LogP contribution in [0, 0.1) is 5.92 Å². The number of ether oxygens (including phenoxy) is 1. The molecule has 0 fully saturated rings. The van der Waals surface area contributed by atoms with Gasteiger partial charge >= 0.3 is 0 Å². The minimum absolute atomic E-state index is 0.617. The Morgan fingerprint density at radius 3 is 2.48 bits per heavy atom. The van der Waals surface area contributed by atoms with Crippen molar-refractivity contribution in [2.24, 2.45) is 5.92 Å². The molecule has 2 heterocycles. The Balaban J connectivity index is 1.65. The molecule has 0 aliphatic heterocycles. The second-order valence-electron chi connectivity index (χ2n) is 8.27. The molecule has 5 heteroatoms. The lowest BCUT2D eigenvalue weighted by Gasteiger charge is -2.14. The van der Waals surface area contributed by atoms with Crippen molar-refractivity contribution >= 4 is 49.0 Å². The van der Waals surface area contributed by atoms with Crippen LogP contribution in [0.3, 0.4) is 0 Å². The van der Waals surface area contributed by atoms with Crippen molar-refractivity contribution in [3.8, 4) is 5.75 Å². The molecule has 0 atom stereocenters. The van der Waals surface area contributed by atoms with Crippen LogP contribution in [0.4, 0.5) is 0 Å². The second kappa shape index (κ2) is 8.31. The SMILES string of the molecule is CC(C)CCOc1ccccc1Cn1c2ccc(Br)cc2c2nc3ccccc3nc21. The van der Waals surface area contributed by atoms with Crippen LogP contribution in [0.5, 0.6) is 5.75 Å². The molecule has 0 N–H and O–H groups in total. The maximum absolute atomic E-state index is 6.15. The zero-order valence-corrected chi connectivity index (χ0v) is 19.3. The van der Waals surface area contributed by atoms with Crippen molar-refractivity contribution in [1.29, 1.82) is 0 Å². The molecule has 0 bridgehead atoms. The minimum atomic E-state index is 0.617. The molecule has 0 aliphatic carbocycles. The van der Waals surface area contributed by atoms with E-state index in [2.05, 4.69) is 70.7 Å². The van der Waals surface area contributed by atoms with E-state index in [4.69, 9.17) is 14.7 Å². The van der Waals surface area contributed by atoms with Gasteiger partial charge in [0.25, 0.3) is 0 Å². The number of hydrogen-bond acceptors (Lipinski definition) is 3. The first-order valence-corrected chi connectivity index (χ1v) is 11.4. The van der Waals surface area contributed by atoms with Crippen molar-refractivity contribution < 1.29 is 4.74 Å². The summed E-state index contributed by atoms with van der Waals surface area (Å²) in [6.45, 7) is 5.83. The summed E-state index contributed by atoms with van der Waals surface area (Å²) in [7, 11) is 0. The van der Waals surface area contributed by atoms with Gasteiger partial charge in [0.05, 0.1) is 29.7 Å². The van der Waals surface area contributed by atoms with Gasteiger partial charge in [0.1, 0.15) is 11.3 Å². The lowest BCUT2D eigenvalue weighted by atomic mass is 10.1. The van der Waals surface area contributed by atoms with E-state index in [-0.39, 0.29) is 0 Å². The molecule has 4 nitrogen and oxygen atoms in total. The van der Waals surface area contributed by atoms with E-state index in [1.54, 1.807) is 0 Å². The first kappa shape index (κ1) is 20.0. The summed E-state index contributed by atoms with van der Waals surface area (Å²) in [6.07, 6.45) is 1.04. The summed E-state index contributed by atoms with van der Waals surface area (Å²) in [6, 6.07) is 22.7. The zero-order valence-electron chi connectivity index (χ0n) is 17.7. The summed E-state index contributed by atoms with van der Waals surface area (Å²) in [5, 5.41) is 1.10. The van der Waals surface area contributed by atoms with Crippen molar-refractivity contribution in [2.75, 3.05) is 6.61 Å². The van der Waals surface area contributed by atoms with Gasteiger partial charge < -0.3 is 9.30 Å². The number of fused-ring (bicyclic) bond motifs is 4. The van der Waals surface area contributed by atoms with Crippen LogP contribution in [0.15, 0.2) is 71.2 Å². The van der Waals surface area contributed by atoms with E-state index >= 15 is 0 Å². The van der Waals surface area contributed by atoms with Crippen LogP contribution in [-0.2, 0) is 6.54 Å². The largest absolute Gasteiger partial charge is 0.493 e. The molecule has 0 unspecified atom stereocenters. The Hall–Kier alpha value is -2.92. The summed E-state index contributed by atoms with van der Waals surface area (Å²) in [4.78, 5) is 9.97. The molecule has 0 spiro atoms. The number of para-hydroxylation sites is 3. The van der Waals surface area contributed by atoms with E-state index in [1.165, 1.54) is 0 Å². The van der Waals surface area contributed by atoms with Gasteiger partial charge in [-0.3, -0.25) is 0 Å². The lowest BCUT2D eigenvalue weighted by Crippen LogP contribution is -2.06. The Morgan fingerprint density at radius 1 is 0.935 bits per heavy atom. The number of benzene rings is 3. The second-order valence-corrected chi connectivity index (χ2v) is 9.19. The van der Waals surface area contributed by atoms with Crippen LogP contribution >= 0.6 is 15.9 Å². The third-order valence-corrected chi connectivity index (χ3v) is 6.06. The molecule has 156 valence electrons. The van der Waals surface area contributed by atoms with Gasteiger partial charge in [0, 0.05) is 15.4 Å². The zero-order chi connectivity index (χ0) is 21.4. The topological polar surface area (TPSA) is 39.9 Å². The molecule has 2 aromatic heterocycles. The third-order valence-electron chi connectivity index (χ3n) is 5.57. The predicted molar refractivity (Wildman–Crippen MR) is 131 cm³/mol. The van der Waals surface area contributed by atoms with E-state index in [0.717, 1.165) is 61.9 Å². The summed E-state index contributed by atoms with van der Waals surface area (Å²) in [5.74, 6) is 1.55. The Kier molecular flexibility index (Phi) is 5.36. The monoisotopic (exact) mass is 473 g/mol. The normalized spacial score (nSPS) is 11.7. The highest BCUT2D eigenvalue weighted by Crippen LogP contribution is 2.32. The Morgan fingerprint density at radius 2 is 1.68 bits per heavy atom. The minimum Gasteiger partial charge on any atom is -0.493 e. The smallest absolute Gasteiger partial charge is 0.160 e. The summed E-state index contributed by atoms with van der Waals surface area (Å²) in [5.41, 5.74) is 5.89. The third kappa shape index (κ3) is 3.90. The van der Waals surface area contributed by atoms with Crippen molar-refractivity contribution in [3.05, 3.63) is 76.8 Å². The molecular weight excluding hydrogens is 450 g/mol. The van der Waals surface area contributed by atoms with E-state index in [0.29, 0.717) is 12.5 Å². The maximum atomic E-state index is 6.15. The number of halogens is 1.